The van der Waals surface area contributed by atoms with Gasteiger partial charge in [0.2, 0.25) is 0 Å². The van der Waals surface area contributed by atoms with Crippen LogP contribution >= 0.6 is 11.6 Å². The molecule has 0 aromatic heterocycles. The molecule has 0 bridgehead atoms. The van der Waals surface area contributed by atoms with E-state index in [1.807, 2.05) is 0 Å². The summed E-state index contributed by atoms with van der Waals surface area (Å²) in [6, 6.07) is 0. The van der Waals surface area contributed by atoms with Gasteiger partial charge in [0, 0.05) is 11.8 Å². The molecule has 1 atom stereocenters. The number of hydrogen-bond donors (Lipinski definition) is 0. The predicted octanol–water partition coefficient (Wildman–Crippen LogP) is 2.42. The van der Waals surface area contributed by atoms with E-state index in [0.717, 1.165) is 12.1 Å². The molecule has 1 heterocycles. The smallest absolute Gasteiger partial charge is 0.146 e. The van der Waals surface area contributed by atoms with Crippen LogP contribution < -0.4 is 0 Å². The molecule has 11 heavy (non-hydrogen) atoms. The summed E-state index contributed by atoms with van der Waals surface area (Å²) in [5, 5.41) is 3.99. The second-order valence-corrected chi connectivity index (χ2v) is 4.18. The van der Waals surface area contributed by atoms with Crippen LogP contribution in [0.25, 0.3) is 0 Å². The molecule has 0 aromatic carbocycles. The Morgan fingerprint density at radius 3 is 2.55 bits per heavy atom. The third-order valence-corrected chi connectivity index (χ3v) is 2.12. The zero-order chi connectivity index (χ0) is 8.48. The number of nitrogens with zero attached hydrogens (tertiary/aromatic N) is 1. The first-order valence-corrected chi connectivity index (χ1v) is 4.36. The van der Waals surface area contributed by atoms with Crippen LogP contribution in [0.3, 0.4) is 0 Å². The highest BCUT2D eigenvalue weighted by atomic mass is 35.5. The van der Waals surface area contributed by atoms with Crippen LogP contribution in [0.1, 0.15) is 27.2 Å². The average Bonchev–Trinajstić information content (AvgIpc) is 2.32. The fraction of sp³-hybridized carbons (Fsp3) is 0.875. The van der Waals surface area contributed by atoms with Crippen molar-refractivity contribution in [3.05, 3.63) is 0 Å². The zero-order valence-electron chi connectivity index (χ0n) is 7.22. The van der Waals surface area contributed by atoms with E-state index in [9.17, 15) is 0 Å². The molecule has 1 aliphatic heterocycles. The van der Waals surface area contributed by atoms with Gasteiger partial charge in [-0.2, -0.15) is 0 Å². The van der Waals surface area contributed by atoms with Gasteiger partial charge < -0.3 is 4.84 Å². The quantitative estimate of drug-likeness (QED) is 0.561. The number of halogens is 1. The summed E-state index contributed by atoms with van der Waals surface area (Å²) in [6.45, 7) is 6.39. The molecule has 2 nitrogen and oxygen atoms in total. The highest BCUT2D eigenvalue weighted by Crippen LogP contribution is 2.25. The molecule has 0 aliphatic carbocycles. The van der Waals surface area contributed by atoms with E-state index in [4.69, 9.17) is 16.4 Å². The van der Waals surface area contributed by atoms with E-state index in [2.05, 4.69) is 25.9 Å². The molecule has 1 rings (SSSR count). The first kappa shape index (κ1) is 8.85. The Bertz CT molecular complexity index is 171. The minimum atomic E-state index is 0.103. The highest BCUT2D eigenvalue weighted by molar-refractivity contribution is 6.18. The summed E-state index contributed by atoms with van der Waals surface area (Å²) in [4.78, 5) is 5.10. The molecule has 0 amide bonds. The molecular weight excluding hydrogens is 162 g/mol. The Morgan fingerprint density at radius 1 is 1.64 bits per heavy atom. The Morgan fingerprint density at radius 2 is 2.27 bits per heavy atom. The van der Waals surface area contributed by atoms with Gasteiger partial charge in [-0.25, -0.2) is 0 Å². The lowest BCUT2D eigenvalue weighted by Crippen LogP contribution is -2.20. The van der Waals surface area contributed by atoms with Crippen molar-refractivity contribution < 1.29 is 4.84 Å². The van der Waals surface area contributed by atoms with Crippen LogP contribution in [-0.2, 0) is 4.84 Å². The lowest BCUT2D eigenvalue weighted by molar-refractivity contribution is 0.102. The van der Waals surface area contributed by atoms with Gasteiger partial charge in [-0.15, -0.1) is 11.6 Å². The fourth-order valence-electron chi connectivity index (χ4n) is 0.954. The minimum Gasteiger partial charge on any atom is -0.391 e. The number of hydrogen-bond acceptors (Lipinski definition) is 2. The summed E-state index contributed by atoms with van der Waals surface area (Å²) in [6.07, 6.45) is 0.985. The number of alkyl halides is 1. The first-order valence-electron chi connectivity index (χ1n) is 3.83. The largest absolute Gasteiger partial charge is 0.391 e. The predicted molar refractivity (Wildman–Crippen MR) is 47.1 cm³/mol. The maximum Gasteiger partial charge on any atom is 0.146 e. The Kier molecular flexibility index (Phi) is 2.43. The van der Waals surface area contributed by atoms with Crippen molar-refractivity contribution in [3.8, 4) is 0 Å². The van der Waals surface area contributed by atoms with E-state index in [1.165, 1.54) is 0 Å². The molecule has 0 aromatic rings. The molecule has 0 saturated carbocycles. The van der Waals surface area contributed by atoms with E-state index >= 15 is 0 Å². The van der Waals surface area contributed by atoms with Crippen LogP contribution in [0.15, 0.2) is 5.16 Å². The lowest BCUT2D eigenvalue weighted by Gasteiger charge is -2.16. The molecular formula is C8H14ClNO. The van der Waals surface area contributed by atoms with Crippen molar-refractivity contribution >= 4 is 17.3 Å². The van der Waals surface area contributed by atoms with Crippen molar-refractivity contribution in [3.63, 3.8) is 0 Å². The van der Waals surface area contributed by atoms with E-state index in [0.29, 0.717) is 5.88 Å². The van der Waals surface area contributed by atoms with Gasteiger partial charge in [0.1, 0.15) is 6.10 Å². The van der Waals surface area contributed by atoms with Crippen molar-refractivity contribution in [2.45, 2.75) is 33.3 Å². The summed E-state index contributed by atoms with van der Waals surface area (Å²) in [5.41, 5.74) is 1.24. The van der Waals surface area contributed by atoms with Gasteiger partial charge in [-0.1, -0.05) is 25.9 Å². The van der Waals surface area contributed by atoms with E-state index in [-0.39, 0.29) is 11.5 Å². The standard InChI is InChI=1S/C8H14ClNO/c1-8(2,3)7-4-6(5-9)11-10-7/h6H,4-5H2,1-3H3. The molecule has 64 valence electrons. The van der Waals surface area contributed by atoms with Crippen LogP contribution in [0.2, 0.25) is 0 Å². The third-order valence-electron chi connectivity index (χ3n) is 1.77. The normalized spacial score (nSPS) is 24.7. The van der Waals surface area contributed by atoms with Crippen LogP contribution in [0.4, 0.5) is 0 Å². The summed E-state index contributed by atoms with van der Waals surface area (Å²) >= 11 is 5.62. The number of rotatable bonds is 1. The molecule has 0 fully saturated rings. The van der Waals surface area contributed by atoms with Gasteiger partial charge in [-0.3, -0.25) is 0 Å². The SMILES string of the molecule is CC(C)(C)C1=NOC(CCl)C1. The molecule has 0 spiro atoms. The number of oxime groups is 1. The molecule has 0 radical (unpaired) electrons. The first-order chi connectivity index (χ1) is 5.04. The second kappa shape index (κ2) is 3.02. The van der Waals surface area contributed by atoms with Crippen molar-refractivity contribution in [2.24, 2.45) is 10.6 Å². The minimum absolute atomic E-state index is 0.103. The van der Waals surface area contributed by atoms with Gasteiger partial charge in [-0.05, 0) is 0 Å². The highest BCUT2D eigenvalue weighted by Gasteiger charge is 2.28. The monoisotopic (exact) mass is 175 g/mol. The van der Waals surface area contributed by atoms with Crippen LogP contribution in [-0.4, -0.2) is 17.7 Å². The maximum absolute atomic E-state index is 5.62. The topological polar surface area (TPSA) is 21.6 Å². The van der Waals surface area contributed by atoms with Gasteiger partial charge in [0.05, 0.1) is 11.6 Å². The third kappa shape index (κ3) is 2.09. The Hall–Kier alpha value is -0.240. The molecule has 1 unspecified atom stereocenters. The van der Waals surface area contributed by atoms with E-state index < -0.39 is 0 Å². The summed E-state index contributed by atoms with van der Waals surface area (Å²) < 4.78 is 0. The van der Waals surface area contributed by atoms with Gasteiger partial charge >= 0.3 is 0 Å². The zero-order valence-corrected chi connectivity index (χ0v) is 7.98. The molecule has 1 aliphatic rings. The van der Waals surface area contributed by atoms with Crippen molar-refractivity contribution in [2.75, 3.05) is 5.88 Å². The molecule has 3 heteroatoms. The van der Waals surface area contributed by atoms with Crippen LogP contribution in [0, 0.1) is 5.41 Å². The van der Waals surface area contributed by atoms with E-state index in [1.54, 1.807) is 0 Å². The van der Waals surface area contributed by atoms with Crippen molar-refractivity contribution in [1.82, 2.24) is 0 Å². The molecule has 0 N–H and O–H groups in total. The summed E-state index contributed by atoms with van der Waals surface area (Å²) in [7, 11) is 0. The summed E-state index contributed by atoms with van der Waals surface area (Å²) in [5.74, 6) is 0.531. The molecule has 0 saturated heterocycles. The van der Waals surface area contributed by atoms with Crippen LogP contribution in [0.5, 0.6) is 0 Å². The lowest BCUT2D eigenvalue weighted by atomic mass is 9.87. The van der Waals surface area contributed by atoms with Crippen molar-refractivity contribution in [1.29, 1.82) is 0 Å². The maximum atomic E-state index is 5.62. The average molecular weight is 176 g/mol. The van der Waals surface area contributed by atoms with Gasteiger partial charge in [0.25, 0.3) is 0 Å². The second-order valence-electron chi connectivity index (χ2n) is 3.87. The Labute approximate surface area is 72.6 Å². The Balaban J connectivity index is 2.53. The van der Waals surface area contributed by atoms with Gasteiger partial charge in [0.15, 0.2) is 0 Å². The fourth-order valence-corrected chi connectivity index (χ4v) is 1.12.